The molecule has 1 N–H and O–H groups in total. The summed E-state index contributed by atoms with van der Waals surface area (Å²) in [7, 11) is 0. The van der Waals surface area contributed by atoms with E-state index in [1.807, 2.05) is 6.92 Å². The van der Waals surface area contributed by atoms with Crippen LogP contribution < -0.4 is 5.56 Å². The molecule has 0 aromatic carbocycles. The van der Waals surface area contributed by atoms with Crippen LogP contribution in [0.3, 0.4) is 0 Å². The molecule has 0 radical (unpaired) electrons. The van der Waals surface area contributed by atoms with Gasteiger partial charge < -0.3 is 9.67 Å². The molecule has 0 saturated carbocycles. The van der Waals surface area contributed by atoms with Gasteiger partial charge in [-0.2, -0.15) is 0 Å². The summed E-state index contributed by atoms with van der Waals surface area (Å²) in [5, 5.41) is 16.6. The van der Waals surface area contributed by atoms with E-state index < -0.39 is 5.97 Å². The third-order valence-electron chi connectivity index (χ3n) is 2.98. The second-order valence-corrected chi connectivity index (χ2v) is 4.40. The molecule has 106 valence electrons. The monoisotopic (exact) mass is 276 g/mol. The van der Waals surface area contributed by atoms with Gasteiger partial charge in [0.25, 0.3) is 5.56 Å². The highest BCUT2D eigenvalue weighted by Crippen LogP contribution is 2.08. The van der Waals surface area contributed by atoms with Gasteiger partial charge in [0.15, 0.2) is 5.69 Å². The minimum Gasteiger partial charge on any atom is -0.476 e. The van der Waals surface area contributed by atoms with Crippen molar-refractivity contribution in [3.05, 3.63) is 46.1 Å². The van der Waals surface area contributed by atoms with E-state index in [0.29, 0.717) is 25.2 Å². The largest absolute Gasteiger partial charge is 0.476 e. The summed E-state index contributed by atoms with van der Waals surface area (Å²) in [6.45, 7) is 2.81. The molecule has 0 fully saturated rings. The van der Waals surface area contributed by atoms with Crippen molar-refractivity contribution in [2.45, 2.75) is 32.9 Å². The molecular formula is C13H16N4O3. The molecule has 0 aliphatic carbocycles. The van der Waals surface area contributed by atoms with Crippen LogP contribution in [0.25, 0.3) is 0 Å². The molecule has 0 aliphatic rings. The lowest BCUT2D eigenvalue weighted by Crippen LogP contribution is -2.21. The second-order valence-electron chi connectivity index (χ2n) is 4.40. The zero-order chi connectivity index (χ0) is 14.5. The van der Waals surface area contributed by atoms with Crippen molar-refractivity contribution in [1.29, 1.82) is 0 Å². The summed E-state index contributed by atoms with van der Waals surface area (Å²) in [6, 6.07) is 4.94. The number of carbonyl (C=O) groups is 1. The quantitative estimate of drug-likeness (QED) is 0.842. The van der Waals surface area contributed by atoms with Crippen molar-refractivity contribution in [2.75, 3.05) is 0 Å². The van der Waals surface area contributed by atoms with Crippen LogP contribution in [0.1, 0.15) is 29.5 Å². The second kappa shape index (κ2) is 6.14. The molecule has 0 amide bonds. The van der Waals surface area contributed by atoms with Gasteiger partial charge in [0.2, 0.25) is 0 Å². The van der Waals surface area contributed by atoms with E-state index in [4.69, 9.17) is 5.11 Å². The van der Waals surface area contributed by atoms with Crippen LogP contribution >= 0.6 is 0 Å². The van der Waals surface area contributed by atoms with Crippen molar-refractivity contribution < 1.29 is 9.90 Å². The molecule has 2 aromatic heterocycles. The first-order chi connectivity index (χ1) is 9.63. The maximum absolute atomic E-state index is 11.6. The van der Waals surface area contributed by atoms with E-state index in [0.717, 1.165) is 6.42 Å². The maximum atomic E-state index is 11.6. The first-order valence-corrected chi connectivity index (χ1v) is 6.44. The number of aromatic nitrogens is 4. The topological polar surface area (TPSA) is 90.0 Å². The predicted octanol–water partition coefficient (Wildman–Crippen LogP) is 0.791. The van der Waals surface area contributed by atoms with E-state index >= 15 is 0 Å². The van der Waals surface area contributed by atoms with E-state index in [1.54, 1.807) is 27.6 Å². The predicted molar refractivity (Wildman–Crippen MR) is 71.7 cm³/mol. The minimum atomic E-state index is -1.07. The third-order valence-corrected chi connectivity index (χ3v) is 2.98. The highest BCUT2D eigenvalue weighted by Gasteiger charge is 2.17. The summed E-state index contributed by atoms with van der Waals surface area (Å²) in [4.78, 5) is 22.7. The van der Waals surface area contributed by atoms with Gasteiger partial charge in [0, 0.05) is 18.8 Å². The molecule has 20 heavy (non-hydrogen) atoms. The van der Waals surface area contributed by atoms with Gasteiger partial charge in [-0.25, -0.2) is 9.48 Å². The number of nitrogens with zero attached hydrogens (tertiary/aromatic N) is 4. The van der Waals surface area contributed by atoms with E-state index in [1.165, 1.54) is 6.07 Å². The fourth-order valence-electron chi connectivity index (χ4n) is 2.01. The Hall–Kier alpha value is -2.44. The molecule has 2 rings (SSSR count). The summed E-state index contributed by atoms with van der Waals surface area (Å²) in [5.41, 5.74) is 0.499. The number of pyridine rings is 1. The first kappa shape index (κ1) is 14.0. The number of aryl methyl sites for hydroxylation is 2. The maximum Gasteiger partial charge on any atom is 0.358 e. The lowest BCUT2D eigenvalue weighted by atomic mass is 10.2. The molecule has 0 atom stereocenters. The summed E-state index contributed by atoms with van der Waals surface area (Å²) < 4.78 is 3.12. The van der Waals surface area contributed by atoms with Crippen LogP contribution in [-0.4, -0.2) is 30.6 Å². The number of rotatable bonds is 6. The average molecular weight is 276 g/mol. The molecule has 0 saturated heterocycles. The molecule has 0 unspecified atom stereocenters. The van der Waals surface area contributed by atoms with Gasteiger partial charge in [-0.15, -0.1) is 5.10 Å². The van der Waals surface area contributed by atoms with Crippen LogP contribution in [0.2, 0.25) is 0 Å². The Kier molecular flexibility index (Phi) is 4.29. The number of carboxylic acids is 1. The molecule has 7 nitrogen and oxygen atoms in total. The van der Waals surface area contributed by atoms with Crippen LogP contribution in [0.15, 0.2) is 29.2 Å². The van der Waals surface area contributed by atoms with Crippen molar-refractivity contribution in [2.24, 2.45) is 0 Å². The van der Waals surface area contributed by atoms with Gasteiger partial charge >= 0.3 is 5.97 Å². The summed E-state index contributed by atoms with van der Waals surface area (Å²) in [5.74, 6) is -1.07. The number of hydrogen-bond donors (Lipinski definition) is 1. The molecule has 0 bridgehead atoms. The fourth-order valence-corrected chi connectivity index (χ4v) is 2.01. The Morgan fingerprint density at radius 1 is 1.35 bits per heavy atom. The standard InChI is InChI=1S/C13H16N4O3/c1-2-5-10-12(13(19)20)14-15-17(10)9-8-16-7-4-3-6-11(16)18/h3-4,6-7H,2,5,8-9H2,1H3,(H,19,20). The zero-order valence-electron chi connectivity index (χ0n) is 11.2. The van der Waals surface area contributed by atoms with Gasteiger partial charge in [-0.1, -0.05) is 24.6 Å². The summed E-state index contributed by atoms with van der Waals surface area (Å²) >= 11 is 0. The average Bonchev–Trinajstić information content (AvgIpc) is 2.82. The van der Waals surface area contributed by atoms with E-state index in [2.05, 4.69) is 10.3 Å². The first-order valence-electron chi connectivity index (χ1n) is 6.44. The molecular weight excluding hydrogens is 260 g/mol. The van der Waals surface area contributed by atoms with Crippen LogP contribution in [-0.2, 0) is 19.5 Å². The third kappa shape index (κ3) is 2.93. The Morgan fingerprint density at radius 2 is 2.15 bits per heavy atom. The molecule has 0 aliphatic heterocycles. The smallest absolute Gasteiger partial charge is 0.358 e. The molecule has 2 heterocycles. The minimum absolute atomic E-state index is 0.00717. The van der Waals surface area contributed by atoms with Crippen LogP contribution in [0, 0.1) is 0 Å². The van der Waals surface area contributed by atoms with Crippen LogP contribution in [0.4, 0.5) is 0 Å². The molecule has 2 aromatic rings. The summed E-state index contributed by atoms with van der Waals surface area (Å²) in [6.07, 6.45) is 3.09. The van der Waals surface area contributed by atoms with Gasteiger partial charge in [0.05, 0.1) is 12.2 Å². The SMILES string of the molecule is CCCc1c(C(=O)O)nnn1CCn1ccccc1=O. The van der Waals surface area contributed by atoms with Gasteiger partial charge in [-0.05, 0) is 12.5 Å². The Morgan fingerprint density at radius 3 is 2.80 bits per heavy atom. The highest BCUT2D eigenvalue weighted by molar-refractivity contribution is 5.86. The Bertz CT molecular complexity index is 660. The number of aromatic carboxylic acids is 1. The van der Waals surface area contributed by atoms with E-state index in [-0.39, 0.29) is 11.3 Å². The fraction of sp³-hybridized carbons (Fsp3) is 0.385. The van der Waals surface area contributed by atoms with Crippen molar-refractivity contribution in [1.82, 2.24) is 19.6 Å². The number of hydrogen-bond acceptors (Lipinski definition) is 4. The molecule has 0 spiro atoms. The van der Waals surface area contributed by atoms with Crippen molar-refractivity contribution >= 4 is 5.97 Å². The normalized spacial score (nSPS) is 10.7. The van der Waals surface area contributed by atoms with E-state index in [9.17, 15) is 9.59 Å². The molecule has 7 heteroatoms. The lowest BCUT2D eigenvalue weighted by Gasteiger charge is -2.08. The lowest BCUT2D eigenvalue weighted by molar-refractivity contribution is 0.0689. The van der Waals surface area contributed by atoms with Crippen molar-refractivity contribution in [3.8, 4) is 0 Å². The van der Waals surface area contributed by atoms with Gasteiger partial charge in [0.1, 0.15) is 0 Å². The van der Waals surface area contributed by atoms with Crippen LogP contribution in [0.5, 0.6) is 0 Å². The Labute approximate surface area is 115 Å². The zero-order valence-corrected chi connectivity index (χ0v) is 11.2. The Balaban J connectivity index is 2.19. The van der Waals surface area contributed by atoms with Crippen molar-refractivity contribution in [3.63, 3.8) is 0 Å². The van der Waals surface area contributed by atoms with Gasteiger partial charge in [-0.3, -0.25) is 4.79 Å². The number of carboxylic acid groups (broad SMARTS) is 1. The highest BCUT2D eigenvalue weighted by atomic mass is 16.4.